The summed E-state index contributed by atoms with van der Waals surface area (Å²) in [7, 11) is 1.34. The van der Waals surface area contributed by atoms with E-state index in [1.165, 1.54) is 7.11 Å². The Bertz CT molecular complexity index is 533. The number of halogens is 1. The van der Waals surface area contributed by atoms with E-state index in [0.717, 1.165) is 18.4 Å². The molecular formula is C16H21ClN2O3. The Balaban J connectivity index is 2.04. The zero-order chi connectivity index (χ0) is 16.1. The summed E-state index contributed by atoms with van der Waals surface area (Å²) in [6.45, 7) is 0.549. The van der Waals surface area contributed by atoms with Gasteiger partial charge in [0, 0.05) is 11.6 Å². The third-order valence-corrected chi connectivity index (χ3v) is 4.20. The van der Waals surface area contributed by atoms with Gasteiger partial charge in [0.25, 0.3) is 0 Å². The Hall–Kier alpha value is -1.59. The summed E-state index contributed by atoms with van der Waals surface area (Å²) in [4.78, 5) is 26.0. The van der Waals surface area contributed by atoms with Crippen LogP contribution in [0.2, 0.25) is 5.02 Å². The molecule has 1 saturated heterocycles. The molecule has 0 radical (unpaired) electrons. The van der Waals surface area contributed by atoms with Crippen molar-refractivity contribution in [3.05, 3.63) is 34.9 Å². The summed E-state index contributed by atoms with van der Waals surface area (Å²) in [6, 6.07) is 6.06. The number of rotatable bonds is 4. The first kappa shape index (κ1) is 16.8. The van der Waals surface area contributed by atoms with E-state index in [9.17, 15) is 9.59 Å². The number of amides is 1. The molecule has 1 fully saturated rings. The lowest BCUT2D eigenvalue weighted by molar-refractivity contribution is -0.155. The number of benzene rings is 1. The van der Waals surface area contributed by atoms with Gasteiger partial charge in [-0.15, -0.1) is 0 Å². The van der Waals surface area contributed by atoms with Crippen LogP contribution in [0.1, 0.15) is 24.8 Å². The number of carbonyl (C=O) groups is 2. The highest BCUT2D eigenvalue weighted by Gasteiger charge is 2.34. The van der Waals surface area contributed by atoms with Gasteiger partial charge in [-0.05, 0) is 43.4 Å². The maximum atomic E-state index is 12.6. The van der Waals surface area contributed by atoms with Crippen molar-refractivity contribution in [1.82, 2.24) is 4.90 Å². The van der Waals surface area contributed by atoms with E-state index in [1.807, 2.05) is 12.1 Å². The lowest BCUT2D eigenvalue weighted by Gasteiger charge is -2.35. The Morgan fingerprint density at radius 3 is 2.68 bits per heavy atom. The first-order valence-corrected chi connectivity index (χ1v) is 7.79. The number of hydrogen-bond donors (Lipinski definition) is 1. The summed E-state index contributed by atoms with van der Waals surface area (Å²) >= 11 is 5.84. The zero-order valence-electron chi connectivity index (χ0n) is 12.6. The molecular weight excluding hydrogens is 304 g/mol. The van der Waals surface area contributed by atoms with Gasteiger partial charge < -0.3 is 15.4 Å². The number of likely N-dealkylation sites (tertiary alicyclic amines) is 1. The van der Waals surface area contributed by atoms with Crippen LogP contribution in [-0.2, 0) is 20.7 Å². The van der Waals surface area contributed by atoms with Gasteiger partial charge >= 0.3 is 5.97 Å². The molecule has 1 aliphatic heterocycles. The molecule has 0 unspecified atom stereocenters. The number of nitrogens with two attached hydrogens (primary N) is 1. The molecule has 0 aromatic heterocycles. The molecule has 1 aliphatic rings. The second-order valence-electron chi connectivity index (χ2n) is 5.50. The molecule has 1 amide bonds. The van der Waals surface area contributed by atoms with Crippen molar-refractivity contribution in [2.75, 3.05) is 13.7 Å². The van der Waals surface area contributed by atoms with Crippen molar-refractivity contribution < 1.29 is 14.3 Å². The van der Waals surface area contributed by atoms with Crippen LogP contribution >= 0.6 is 11.6 Å². The minimum atomic E-state index is -0.675. The molecule has 1 aromatic rings. The molecule has 1 heterocycles. The fraction of sp³-hybridized carbons (Fsp3) is 0.500. The van der Waals surface area contributed by atoms with Crippen molar-refractivity contribution in [2.45, 2.75) is 37.8 Å². The molecule has 120 valence electrons. The van der Waals surface area contributed by atoms with Crippen LogP contribution in [0.5, 0.6) is 0 Å². The van der Waals surface area contributed by atoms with Gasteiger partial charge in [0.15, 0.2) is 0 Å². The average molecular weight is 325 g/mol. The average Bonchev–Trinajstić information content (AvgIpc) is 2.55. The largest absolute Gasteiger partial charge is 0.467 e. The van der Waals surface area contributed by atoms with Crippen LogP contribution in [0.15, 0.2) is 24.3 Å². The van der Waals surface area contributed by atoms with Crippen LogP contribution < -0.4 is 5.73 Å². The van der Waals surface area contributed by atoms with E-state index in [1.54, 1.807) is 17.0 Å². The predicted molar refractivity (Wildman–Crippen MR) is 84.5 cm³/mol. The SMILES string of the molecule is COC(=O)[C@@H]1CCCCN1C(=O)[C@H](N)Cc1ccc(Cl)cc1. The number of nitrogens with zero attached hydrogens (tertiary/aromatic N) is 1. The molecule has 0 bridgehead atoms. The van der Waals surface area contributed by atoms with E-state index in [4.69, 9.17) is 22.1 Å². The van der Waals surface area contributed by atoms with E-state index in [0.29, 0.717) is 24.4 Å². The first-order valence-electron chi connectivity index (χ1n) is 7.41. The number of esters is 1. The second kappa shape index (κ2) is 7.61. The monoisotopic (exact) mass is 324 g/mol. The van der Waals surface area contributed by atoms with Gasteiger partial charge in [0.1, 0.15) is 6.04 Å². The maximum Gasteiger partial charge on any atom is 0.328 e. The van der Waals surface area contributed by atoms with Crippen LogP contribution in [0.4, 0.5) is 0 Å². The molecule has 22 heavy (non-hydrogen) atoms. The summed E-state index contributed by atoms with van der Waals surface area (Å²) in [5, 5.41) is 0.644. The Morgan fingerprint density at radius 2 is 2.05 bits per heavy atom. The minimum Gasteiger partial charge on any atom is -0.467 e. The predicted octanol–water partition coefficient (Wildman–Crippen LogP) is 1.76. The van der Waals surface area contributed by atoms with Crippen molar-refractivity contribution in [2.24, 2.45) is 5.73 Å². The van der Waals surface area contributed by atoms with E-state index < -0.39 is 12.1 Å². The lowest BCUT2D eigenvalue weighted by atomic mass is 9.99. The summed E-state index contributed by atoms with van der Waals surface area (Å²) < 4.78 is 4.79. The second-order valence-corrected chi connectivity index (χ2v) is 5.94. The van der Waals surface area contributed by atoms with E-state index in [-0.39, 0.29) is 11.9 Å². The molecule has 1 aromatic carbocycles. The van der Waals surface area contributed by atoms with Gasteiger partial charge in [0.05, 0.1) is 13.2 Å². The van der Waals surface area contributed by atoms with Crippen molar-refractivity contribution in [3.63, 3.8) is 0 Å². The molecule has 2 N–H and O–H groups in total. The Morgan fingerprint density at radius 1 is 1.36 bits per heavy atom. The minimum absolute atomic E-state index is 0.204. The summed E-state index contributed by atoms with van der Waals surface area (Å²) in [5.41, 5.74) is 6.99. The lowest BCUT2D eigenvalue weighted by Crippen LogP contribution is -2.54. The first-order chi connectivity index (χ1) is 10.5. The van der Waals surface area contributed by atoms with Gasteiger partial charge in [-0.25, -0.2) is 4.79 Å². The van der Waals surface area contributed by atoms with Gasteiger partial charge in [-0.3, -0.25) is 4.79 Å². The maximum absolute atomic E-state index is 12.6. The molecule has 2 rings (SSSR count). The number of methoxy groups -OCH3 is 1. The number of ether oxygens (including phenoxy) is 1. The highest BCUT2D eigenvalue weighted by atomic mass is 35.5. The number of carbonyl (C=O) groups excluding carboxylic acids is 2. The highest BCUT2D eigenvalue weighted by Crippen LogP contribution is 2.20. The van der Waals surface area contributed by atoms with Crippen LogP contribution in [-0.4, -0.2) is 42.5 Å². The fourth-order valence-electron chi connectivity index (χ4n) is 2.75. The molecule has 0 spiro atoms. The van der Waals surface area contributed by atoms with E-state index >= 15 is 0 Å². The standard InChI is InChI=1S/C16H21ClN2O3/c1-22-16(21)14-4-2-3-9-19(14)15(20)13(18)10-11-5-7-12(17)8-6-11/h5-8,13-14H,2-4,9-10,18H2,1H3/t13-,14+/m1/s1. The molecule has 6 heteroatoms. The third-order valence-electron chi connectivity index (χ3n) is 3.95. The van der Waals surface area contributed by atoms with Gasteiger partial charge in [-0.2, -0.15) is 0 Å². The van der Waals surface area contributed by atoms with Gasteiger partial charge in [-0.1, -0.05) is 23.7 Å². The third kappa shape index (κ3) is 3.99. The summed E-state index contributed by atoms with van der Waals surface area (Å²) in [6.07, 6.45) is 2.84. The van der Waals surface area contributed by atoms with Crippen LogP contribution in [0.3, 0.4) is 0 Å². The highest BCUT2D eigenvalue weighted by molar-refractivity contribution is 6.30. The molecule has 0 saturated carbocycles. The Labute approximate surface area is 135 Å². The van der Waals surface area contributed by atoms with Crippen LogP contribution in [0, 0.1) is 0 Å². The van der Waals surface area contributed by atoms with Gasteiger partial charge in [0.2, 0.25) is 5.91 Å². The molecule has 0 aliphatic carbocycles. The van der Waals surface area contributed by atoms with Crippen molar-refractivity contribution >= 4 is 23.5 Å². The topological polar surface area (TPSA) is 72.6 Å². The summed E-state index contributed by atoms with van der Waals surface area (Å²) in [5.74, 6) is -0.572. The van der Waals surface area contributed by atoms with Crippen LogP contribution in [0.25, 0.3) is 0 Å². The quantitative estimate of drug-likeness (QED) is 0.857. The number of hydrogen-bond acceptors (Lipinski definition) is 4. The van der Waals surface area contributed by atoms with E-state index in [2.05, 4.69) is 0 Å². The fourth-order valence-corrected chi connectivity index (χ4v) is 2.88. The van der Waals surface area contributed by atoms with Crippen molar-refractivity contribution in [1.29, 1.82) is 0 Å². The zero-order valence-corrected chi connectivity index (χ0v) is 13.4. The molecule has 2 atom stereocenters. The number of piperidine rings is 1. The normalized spacial score (nSPS) is 19.6. The molecule has 5 nitrogen and oxygen atoms in total. The Kier molecular flexibility index (Phi) is 5.80. The van der Waals surface area contributed by atoms with Crippen molar-refractivity contribution in [3.8, 4) is 0 Å². The smallest absolute Gasteiger partial charge is 0.328 e.